The Balaban J connectivity index is 1.68. The van der Waals surface area contributed by atoms with E-state index in [2.05, 4.69) is 21.9 Å². The largest absolute Gasteiger partial charge is 0.490 e. The van der Waals surface area contributed by atoms with Gasteiger partial charge in [-0.25, -0.2) is 0 Å². The predicted octanol–water partition coefficient (Wildman–Crippen LogP) is 2.62. The van der Waals surface area contributed by atoms with Gasteiger partial charge in [0.15, 0.2) is 0 Å². The average Bonchev–Trinajstić information content (AvgIpc) is 2.92. The van der Waals surface area contributed by atoms with E-state index in [-0.39, 0.29) is 0 Å². The molecule has 1 fully saturated rings. The molecule has 0 saturated carbocycles. The van der Waals surface area contributed by atoms with E-state index in [1.165, 1.54) is 19.4 Å². The van der Waals surface area contributed by atoms with Gasteiger partial charge in [0.05, 0.1) is 6.20 Å². The summed E-state index contributed by atoms with van der Waals surface area (Å²) in [6, 6.07) is 6.51. The van der Waals surface area contributed by atoms with Gasteiger partial charge < -0.3 is 9.64 Å². The zero-order valence-electron chi connectivity index (χ0n) is 11.7. The summed E-state index contributed by atoms with van der Waals surface area (Å²) in [5.41, 5.74) is 2.10. The molecule has 104 valence electrons. The Morgan fingerprint density at radius 1 is 1.25 bits per heavy atom. The molecular weight excluding hydrogens is 250 g/mol. The molecule has 1 saturated heterocycles. The van der Waals surface area contributed by atoms with Crippen molar-refractivity contribution in [1.29, 1.82) is 0 Å². The lowest BCUT2D eigenvalue weighted by Gasteiger charge is -2.19. The summed E-state index contributed by atoms with van der Waals surface area (Å²) < 4.78 is 5.90. The van der Waals surface area contributed by atoms with Crippen molar-refractivity contribution in [1.82, 2.24) is 14.9 Å². The number of hydrogen-bond acceptors (Lipinski definition) is 4. The van der Waals surface area contributed by atoms with Crippen LogP contribution in [0.25, 0.3) is 11.1 Å². The molecule has 0 spiro atoms. The highest BCUT2D eigenvalue weighted by molar-refractivity contribution is 5.62. The van der Waals surface area contributed by atoms with E-state index in [0.717, 1.165) is 23.5 Å². The van der Waals surface area contributed by atoms with Crippen LogP contribution in [0.1, 0.15) is 12.8 Å². The van der Waals surface area contributed by atoms with Gasteiger partial charge in [-0.15, -0.1) is 0 Å². The molecule has 0 radical (unpaired) electrons. The van der Waals surface area contributed by atoms with E-state index in [1.54, 1.807) is 12.4 Å². The molecule has 0 bridgehead atoms. The Bertz CT molecular complexity index is 559. The molecule has 0 unspecified atom stereocenters. The fraction of sp³-hybridized carbons (Fsp3) is 0.375. The fourth-order valence-electron chi connectivity index (χ4n) is 2.57. The Labute approximate surface area is 119 Å². The van der Waals surface area contributed by atoms with Gasteiger partial charge in [0, 0.05) is 35.8 Å². The van der Waals surface area contributed by atoms with Crippen LogP contribution in [0.4, 0.5) is 0 Å². The SMILES string of the molecule is CN1CCC[C@H]1COc1cncc(-c2cccnc2)c1. The number of nitrogens with zero attached hydrogens (tertiary/aromatic N) is 3. The maximum atomic E-state index is 5.90. The number of aromatic nitrogens is 2. The molecular formula is C16H19N3O. The average molecular weight is 269 g/mol. The van der Waals surface area contributed by atoms with Gasteiger partial charge in [0.1, 0.15) is 12.4 Å². The third kappa shape index (κ3) is 2.96. The third-order valence-electron chi connectivity index (χ3n) is 3.82. The highest BCUT2D eigenvalue weighted by atomic mass is 16.5. The zero-order valence-corrected chi connectivity index (χ0v) is 11.7. The Kier molecular flexibility index (Phi) is 3.92. The van der Waals surface area contributed by atoms with Crippen molar-refractivity contribution in [3.8, 4) is 16.9 Å². The monoisotopic (exact) mass is 269 g/mol. The van der Waals surface area contributed by atoms with Crippen molar-refractivity contribution in [3.63, 3.8) is 0 Å². The van der Waals surface area contributed by atoms with Crippen molar-refractivity contribution >= 4 is 0 Å². The molecule has 1 aliphatic heterocycles. The van der Waals surface area contributed by atoms with Crippen molar-refractivity contribution in [2.75, 3.05) is 20.2 Å². The second-order valence-electron chi connectivity index (χ2n) is 5.24. The van der Waals surface area contributed by atoms with Gasteiger partial charge in [0.25, 0.3) is 0 Å². The molecule has 3 heterocycles. The molecule has 0 N–H and O–H groups in total. The minimum atomic E-state index is 0.525. The molecule has 1 aliphatic rings. The second kappa shape index (κ2) is 6.01. The lowest BCUT2D eigenvalue weighted by atomic mass is 10.1. The summed E-state index contributed by atoms with van der Waals surface area (Å²) in [6.07, 6.45) is 9.70. The summed E-state index contributed by atoms with van der Waals surface area (Å²) in [6.45, 7) is 1.90. The van der Waals surface area contributed by atoms with Crippen molar-refractivity contribution in [3.05, 3.63) is 43.0 Å². The van der Waals surface area contributed by atoms with E-state index < -0.39 is 0 Å². The second-order valence-corrected chi connectivity index (χ2v) is 5.24. The summed E-state index contributed by atoms with van der Waals surface area (Å²) >= 11 is 0. The van der Waals surface area contributed by atoms with Crippen LogP contribution < -0.4 is 4.74 Å². The number of likely N-dealkylation sites (tertiary alicyclic amines) is 1. The first-order valence-electron chi connectivity index (χ1n) is 7.01. The van der Waals surface area contributed by atoms with Crippen LogP contribution in [0.2, 0.25) is 0 Å². The summed E-state index contributed by atoms with van der Waals surface area (Å²) in [5, 5.41) is 0. The van der Waals surface area contributed by atoms with Gasteiger partial charge >= 0.3 is 0 Å². The van der Waals surface area contributed by atoms with Crippen molar-refractivity contribution < 1.29 is 4.74 Å². The van der Waals surface area contributed by atoms with E-state index >= 15 is 0 Å². The molecule has 0 aromatic carbocycles. The number of hydrogen-bond donors (Lipinski definition) is 0. The first-order valence-corrected chi connectivity index (χ1v) is 7.01. The van der Waals surface area contributed by atoms with E-state index in [4.69, 9.17) is 4.74 Å². The van der Waals surface area contributed by atoms with Crippen LogP contribution in [0.3, 0.4) is 0 Å². The van der Waals surface area contributed by atoms with Gasteiger partial charge in [0.2, 0.25) is 0 Å². The smallest absolute Gasteiger partial charge is 0.138 e. The molecule has 0 amide bonds. The first kappa shape index (κ1) is 13.1. The van der Waals surface area contributed by atoms with Gasteiger partial charge in [-0.2, -0.15) is 0 Å². The molecule has 1 atom stereocenters. The van der Waals surface area contributed by atoms with Crippen LogP contribution in [-0.4, -0.2) is 41.1 Å². The zero-order chi connectivity index (χ0) is 13.8. The van der Waals surface area contributed by atoms with Crippen molar-refractivity contribution in [2.45, 2.75) is 18.9 Å². The topological polar surface area (TPSA) is 38.2 Å². The summed E-state index contributed by atoms with van der Waals surface area (Å²) in [4.78, 5) is 10.8. The molecule has 4 heteroatoms. The molecule has 20 heavy (non-hydrogen) atoms. The quantitative estimate of drug-likeness (QED) is 0.855. The minimum Gasteiger partial charge on any atom is -0.490 e. The lowest BCUT2D eigenvalue weighted by molar-refractivity contribution is 0.198. The van der Waals surface area contributed by atoms with Gasteiger partial charge in [-0.3, -0.25) is 9.97 Å². The first-order chi connectivity index (χ1) is 9.83. The molecule has 0 aliphatic carbocycles. The highest BCUT2D eigenvalue weighted by Crippen LogP contribution is 2.22. The number of rotatable bonds is 4. The maximum absolute atomic E-state index is 5.90. The van der Waals surface area contributed by atoms with Crippen LogP contribution in [0.5, 0.6) is 5.75 Å². The van der Waals surface area contributed by atoms with E-state index in [0.29, 0.717) is 6.04 Å². The van der Waals surface area contributed by atoms with E-state index in [9.17, 15) is 0 Å². The Hall–Kier alpha value is -1.94. The standard InChI is InChI=1S/C16H19N3O/c1-19-7-3-5-15(19)12-20-16-8-14(10-18-11-16)13-4-2-6-17-9-13/h2,4,6,8-11,15H,3,5,7,12H2,1H3/t15-/m0/s1. The minimum absolute atomic E-state index is 0.525. The Morgan fingerprint density at radius 2 is 2.15 bits per heavy atom. The normalized spacial score (nSPS) is 19.1. The van der Waals surface area contributed by atoms with Crippen molar-refractivity contribution in [2.24, 2.45) is 0 Å². The Morgan fingerprint density at radius 3 is 2.90 bits per heavy atom. The number of ether oxygens (including phenoxy) is 1. The summed E-state index contributed by atoms with van der Waals surface area (Å²) in [7, 11) is 2.16. The molecule has 4 nitrogen and oxygen atoms in total. The molecule has 2 aromatic rings. The number of likely N-dealkylation sites (N-methyl/N-ethyl adjacent to an activating group) is 1. The van der Waals surface area contributed by atoms with Crippen LogP contribution in [-0.2, 0) is 0 Å². The van der Waals surface area contributed by atoms with Gasteiger partial charge in [-0.1, -0.05) is 6.07 Å². The van der Waals surface area contributed by atoms with Crippen LogP contribution in [0.15, 0.2) is 43.0 Å². The molecule has 3 rings (SSSR count). The third-order valence-corrected chi connectivity index (χ3v) is 3.82. The van der Waals surface area contributed by atoms with Gasteiger partial charge in [-0.05, 0) is 38.6 Å². The molecule has 2 aromatic heterocycles. The highest BCUT2D eigenvalue weighted by Gasteiger charge is 2.21. The van der Waals surface area contributed by atoms with Crippen LogP contribution in [0, 0.1) is 0 Å². The lowest BCUT2D eigenvalue weighted by Crippen LogP contribution is -2.30. The maximum Gasteiger partial charge on any atom is 0.138 e. The van der Waals surface area contributed by atoms with Crippen LogP contribution >= 0.6 is 0 Å². The predicted molar refractivity (Wildman–Crippen MR) is 78.6 cm³/mol. The fourth-order valence-corrected chi connectivity index (χ4v) is 2.57. The summed E-state index contributed by atoms with van der Waals surface area (Å²) in [5.74, 6) is 0.826. The van der Waals surface area contributed by atoms with E-state index in [1.807, 2.05) is 30.6 Å². The number of pyridine rings is 2.